The number of imidazole rings is 1. The minimum Gasteiger partial charge on any atom is -0.337 e. The summed E-state index contributed by atoms with van der Waals surface area (Å²) in [6.45, 7) is 5.86. The van der Waals surface area contributed by atoms with E-state index in [-0.39, 0.29) is 0 Å². The number of pyridine rings is 1. The maximum Gasteiger partial charge on any atom is 0.172 e. The summed E-state index contributed by atoms with van der Waals surface area (Å²) in [5, 5.41) is 10.5. The van der Waals surface area contributed by atoms with Crippen LogP contribution in [0.1, 0.15) is 22.5 Å². The standard InChI is InChI=1S/C12H12N4S/c1-7-4-11(14-6-10(7)5-13)17-12-15-8(2)9(3)16-12/h4,6H,1-3H3,(H,15,16). The van der Waals surface area contributed by atoms with Crippen molar-refractivity contribution in [3.63, 3.8) is 0 Å². The maximum absolute atomic E-state index is 8.82. The number of nitrogens with one attached hydrogen (secondary N) is 1. The molecule has 5 heteroatoms. The first-order valence-electron chi connectivity index (χ1n) is 5.18. The highest BCUT2D eigenvalue weighted by Gasteiger charge is 2.07. The van der Waals surface area contributed by atoms with Crippen molar-refractivity contribution < 1.29 is 0 Å². The Balaban J connectivity index is 2.25. The Morgan fingerprint density at radius 1 is 1.35 bits per heavy atom. The number of aryl methyl sites for hydroxylation is 3. The molecular weight excluding hydrogens is 232 g/mol. The van der Waals surface area contributed by atoms with Gasteiger partial charge in [-0.25, -0.2) is 9.97 Å². The van der Waals surface area contributed by atoms with E-state index < -0.39 is 0 Å². The summed E-state index contributed by atoms with van der Waals surface area (Å²) < 4.78 is 0. The SMILES string of the molecule is Cc1cc(Sc2nc(C)c(C)[nH]2)ncc1C#N. The van der Waals surface area contributed by atoms with E-state index in [1.165, 1.54) is 11.8 Å². The Labute approximate surface area is 104 Å². The Kier molecular flexibility index (Phi) is 3.16. The van der Waals surface area contributed by atoms with E-state index >= 15 is 0 Å². The molecule has 0 saturated heterocycles. The number of aromatic nitrogens is 3. The molecule has 0 atom stereocenters. The van der Waals surface area contributed by atoms with Crippen molar-refractivity contribution in [1.29, 1.82) is 5.26 Å². The average Bonchev–Trinajstić information content (AvgIpc) is 2.58. The second-order valence-electron chi connectivity index (χ2n) is 3.80. The summed E-state index contributed by atoms with van der Waals surface area (Å²) in [6, 6.07) is 4.00. The van der Waals surface area contributed by atoms with Crippen LogP contribution in [-0.4, -0.2) is 15.0 Å². The van der Waals surface area contributed by atoms with Crippen LogP contribution in [0.25, 0.3) is 0 Å². The zero-order valence-corrected chi connectivity index (χ0v) is 10.7. The second kappa shape index (κ2) is 4.60. The number of hydrogen-bond donors (Lipinski definition) is 1. The van der Waals surface area contributed by atoms with Gasteiger partial charge in [-0.2, -0.15) is 5.26 Å². The number of rotatable bonds is 2. The summed E-state index contributed by atoms with van der Waals surface area (Å²) in [7, 11) is 0. The zero-order valence-electron chi connectivity index (χ0n) is 9.90. The van der Waals surface area contributed by atoms with Gasteiger partial charge in [0.1, 0.15) is 11.1 Å². The van der Waals surface area contributed by atoms with Crippen molar-refractivity contribution in [2.45, 2.75) is 31.0 Å². The van der Waals surface area contributed by atoms with Crippen molar-refractivity contribution in [2.75, 3.05) is 0 Å². The summed E-state index contributed by atoms with van der Waals surface area (Å²) in [4.78, 5) is 11.8. The molecule has 2 rings (SSSR count). The minimum absolute atomic E-state index is 0.612. The largest absolute Gasteiger partial charge is 0.337 e. The molecule has 0 aliphatic carbocycles. The second-order valence-corrected chi connectivity index (χ2v) is 4.81. The van der Waals surface area contributed by atoms with E-state index in [2.05, 4.69) is 21.0 Å². The molecule has 1 N–H and O–H groups in total. The minimum atomic E-state index is 0.612. The van der Waals surface area contributed by atoms with Crippen LogP contribution in [0.3, 0.4) is 0 Å². The molecule has 86 valence electrons. The fourth-order valence-corrected chi connectivity index (χ4v) is 2.29. The monoisotopic (exact) mass is 244 g/mol. The van der Waals surface area contributed by atoms with E-state index in [0.717, 1.165) is 27.1 Å². The molecule has 2 aromatic rings. The molecule has 0 aromatic carbocycles. The average molecular weight is 244 g/mol. The van der Waals surface area contributed by atoms with E-state index in [9.17, 15) is 0 Å². The molecule has 0 radical (unpaired) electrons. The Morgan fingerprint density at radius 2 is 2.12 bits per heavy atom. The molecule has 0 aliphatic heterocycles. The van der Waals surface area contributed by atoms with Crippen molar-refractivity contribution >= 4 is 11.8 Å². The highest BCUT2D eigenvalue weighted by atomic mass is 32.2. The zero-order chi connectivity index (χ0) is 12.4. The molecule has 17 heavy (non-hydrogen) atoms. The molecule has 0 bridgehead atoms. The first-order valence-corrected chi connectivity index (χ1v) is 5.99. The highest BCUT2D eigenvalue weighted by molar-refractivity contribution is 7.99. The summed E-state index contributed by atoms with van der Waals surface area (Å²) in [6.07, 6.45) is 1.60. The van der Waals surface area contributed by atoms with Crippen LogP contribution in [0.5, 0.6) is 0 Å². The lowest BCUT2D eigenvalue weighted by Crippen LogP contribution is -1.87. The Hall–Kier alpha value is -1.80. The molecule has 0 fully saturated rings. The van der Waals surface area contributed by atoms with Crippen LogP contribution < -0.4 is 0 Å². The number of H-pyrrole nitrogens is 1. The molecule has 0 aliphatic rings. The number of aromatic amines is 1. The van der Waals surface area contributed by atoms with Gasteiger partial charge in [0.05, 0.1) is 11.3 Å². The van der Waals surface area contributed by atoms with Gasteiger partial charge in [0, 0.05) is 11.9 Å². The van der Waals surface area contributed by atoms with E-state index in [0.29, 0.717) is 5.56 Å². The first kappa shape index (κ1) is 11.7. The van der Waals surface area contributed by atoms with Crippen LogP contribution >= 0.6 is 11.8 Å². The third-order valence-electron chi connectivity index (χ3n) is 2.51. The molecule has 0 spiro atoms. The summed E-state index contributed by atoms with van der Waals surface area (Å²) in [5.41, 5.74) is 3.61. The fraction of sp³-hybridized carbons (Fsp3) is 0.250. The van der Waals surface area contributed by atoms with Gasteiger partial charge in [-0.1, -0.05) is 0 Å². The maximum atomic E-state index is 8.82. The molecule has 4 nitrogen and oxygen atoms in total. The number of nitriles is 1. The lowest BCUT2D eigenvalue weighted by atomic mass is 10.2. The number of nitrogens with zero attached hydrogens (tertiary/aromatic N) is 3. The summed E-state index contributed by atoms with van der Waals surface area (Å²) >= 11 is 1.47. The normalized spacial score (nSPS) is 10.2. The van der Waals surface area contributed by atoms with Crippen molar-refractivity contribution in [2.24, 2.45) is 0 Å². The van der Waals surface area contributed by atoms with Gasteiger partial charge in [0.15, 0.2) is 5.16 Å². The van der Waals surface area contributed by atoms with E-state index in [1.807, 2.05) is 26.8 Å². The van der Waals surface area contributed by atoms with Gasteiger partial charge in [0.25, 0.3) is 0 Å². The highest BCUT2D eigenvalue weighted by Crippen LogP contribution is 2.25. The molecule has 0 saturated carbocycles. The van der Waals surface area contributed by atoms with Gasteiger partial charge in [-0.05, 0) is 44.2 Å². The predicted molar refractivity (Wildman–Crippen MR) is 65.9 cm³/mol. The Morgan fingerprint density at radius 3 is 2.65 bits per heavy atom. The van der Waals surface area contributed by atoms with Crippen LogP contribution in [0.2, 0.25) is 0 Å². The van der Waals surface area contributed by atoms with Crippen molar-refractivity contribution in [3.8, 4) is 6.07 Å². The van der Waals surface area contributed by atoms with Crippen molar-refractivity contribution in [1.82, 2.24) is 15.0 Å². The predicted octanol–water partition coefficient (Wildman–Crippen LogP) is 2.75. The molecule has 2 aromatic heterocycles. The summed E-state index contributed by atoms with van der Waals surface area (Å²) in [5.74, 6) is 0. The quantitative estimate of drug-likeness (QED) is 0.882. The first-order chi connectivity index (χ1) is 8.10. The number of hydrogen-bond acceptors (Lipinski definition) is 4. The van der Waals surface area contributed by atoms with Gasteiger partial charge < -0.3 is 4.98 Å². The van der Waals surface area contributed by atoms with Crippen LogP contribution in [0, 0.1) is 32.1 Å². The fourth-order valence-electron chi connectivity index (χ4n) is 1.37. The van der Waals surface area contributed by atoms with Crippen LogP contribution in [0.4, 0.5) is 0 Å². The van der Waals surface area contributed by atoms with Gasteiger partial charge in [-0.15, -0.1) is 0 Å². The Bertz CT molecular complexity index is 576. The van der Waals surface area contributed by atoms with Crippen LogP contribution in [0.15, 0.2) is 22.4 Å². The molecular formula is C12H12N4S. The third kappa shape index (κ3) is 2.48. The topological polar surface area (TPSA) is 65.4 Å². The lowest BCUT2D eigenvalue weighted by Gasteiger charge is -2.00. The molecule has 0 unspecified atom stereocenters. The molecule has 2 heterocycles. The third-order valence-corrected chi connectivity index (χ3v) is 3.33. The smallest absolute Gasteiger partial charge is 0.172 e. The van der Waals surface area contributed by atoms with Gasteiger partial charge in [-0.3, -0.25) is 0 Å². The van der Waals surface area contributed by atoms with E-state index in [4.69, 9.17) is 5.26 Å². The van der Waals surface area contributed by atoms with Gasteiger partial charge >= 0.3 is 0 Å². The van der Waals surface area contributed by atoms with Crippen molar-refractivity contribution in [3.05, 3.63) is 34.8 Å². The molecule has 0 amide bonds. The lowest BCUT2D eigenvalue weighted by molar-refractivity contribution is 1.02. The van der Waals surface area contributed by atoms with E-state index in [1.54, 1.807) is 6.20 Å². The van der Waals surface area contributed by atoms with Gasteiger partial charge in [0.2, 0.25) is 0 Å². The van der Waals surface area contributed by atoms with Crippen LogP contribution in [-0.2, 0) is 0 Å².